The number of benzene rings is 1. The van der Waals surface area contributed by atoms with E-state index in [0.29, 0.717) is 24.7 Å². The molecule has 0 spiro atoms. The van der Waals surface area contributed by atoms with E-state index in [4.69, 9.17) is 0 Å². The van der Waals surface area contributed by atoms with Crippen molar-refractivity contribution in [3.8, 4) is 0 Å². The Morgan fingerprint density at radius 1 is 0.964 bits per heavy atom. The summed E-state index contributed by atoms with van der Waals surface area (Å²) in [5.41, 5.74) is 0.714. The van der Waals surface area contributed by atoms with Gasteiger partial charge in [-0.05, 0) is 37.1 Å². The minimum atomic E-state index is -3.85. The fourth-order valence-corrected chi connectivity index (χ4v) is 5.00. The molecule has 1 aliphatic carbocycles. The van der Waals surface area contributed by atoms with Gasteiger partial charge in [0.15, 0.2) is 11.5 Å². The summed E-state index contributed by atoms with van der Waals surface area (Å²) in [6.45, 7) is 1.50. The van der Waals surface area contributed by atoms with Crippen molar-refractivity contribution in [2.75, 3.05) is 31.1 Å². The Morgan fingerprint density at radius 3 is 2.43 bits per heavy atom. The molecule has 2 aliphatic rings. The first-order chi connectivity index (χ1) is 13.5. The van der Waals surface area contributed by atoms with E-state index in [9.17, 15) is 12.8 Å². The van der Waals surface area contributed by atoms with Gasteiger partial charge in [-0.3, -0.25) is 0 Å². The topological polar surface area (TPSA) is 83.7 Å². The molecule has 1 aliphatic heterocycles. The number of hydrogen-bond donors (Lipinski definition) is 0. The van der Waals surface area contributed by atoms with E-state index >= 15 is 0 Å². The molecule has 3 aromatic rings. The van der Waals surface area contributed by atoms with Gasteiger partial charge >= 0.3 is 0 Å². The van der Waals surface area contributed by atoms with Crippen LogP contribution in [0.5, 0.6) is 0 Å². The van der Waals surface area contributed by atoms with Crippen molar-refractivity contribution in [1.29, 1.82) is 0 Å². The van der Waals surface area contributed by atoms with Gasteiger partial charge in [0.25, 0.3) is 0 Å². The third-order valence-electron chi connectivity index (χ3n) is 5.23. The molecule has 5 rings (SSSR count). The van der Waals surface area contributed by atoms with Crippen molar-refractivity contribution in [2.24, 2.45) is 0 Å². The largest absolute Gasteiger partial charge is 0.353 e. The van der Waals surface area contributed by atoms with E-state index in [0.717, 1.165) is 24.5 Å². The van der Waals surface area contributed by atoms with Crippen molar-refractivity contribution in [1.82, 2.24) is 24.1 Å². The molecule has 2 fully saturated rings. The van der Waals surface area contributed by atoms with Gasteiger partial charge in [-0.25, -0.2) is 12.8 Å². The molecule has 8 nitrogen and oxygen atoms in total. The van der Waals surface area contributed by atoms with E-state index in [1.807, 2.05) is 17.0 Å². The molecule has 28 heavy (non-hydrogen) atoms. The van der Waals surface area contributed by atoms with Crippen LogP contribution in [0.3, 0.4) is 0 Å². The summed E-state index contributed by atoms with van der Waals surface area (Å²) in [6.07, 6.45) is 2.22. The molecular formula is C18H19FN6O2S. The van der Waals surface area contributed by atoms with Crippen LogP contribution in [0.1, 0.15) is 24.6 Å². The van der Waals surface area contributed by atoms with Gasteiger partial charge in [0.05, 0.1) is 0 Å². The van der Waals surface area contributed by atoms with Crippen molar-refractivity contribution >= 4 is 21.5 Å². The maximum Gasteiger partial charge on any atom is 0.246 e. The zero-order valence-electron chi connectivity index (χ0n) is 15.1. The van der Waals surface area contributed by atoms with Crippen LogP contribution in [0, 0.1) is 5.82 Å². The van der Waals surface area contributed by atoms with E-state index in [1.54, 1.807) is 4.52 Å². The molecule has 1 saturated carbocycles. The highest BCUT2D eigenvalue weighted by atomic mass is 32.2. The molecule has 146 valence electrons. The van der Waals surface area contributed by atoms with Gasteiger partial charge in [-0.2, -0.15) is 8.82 Å². The molecule has 0 atom stereocenters. The van der Waals surface area contributed by atoms with Crippen LogP contribution in [0.2, 0.25) is 0 Å². The predicted octanol–water partition coefficient (Wildman–Crippen LogP) is 1.65. The summed E-state index contributed by atoms with van der Waals surface area (Å²) in [5.74, 6) is 1.35. The SMILES string of the molecule is O=S(=O)(c1ccccc1F)N1CCN(c2ccc3nnc(C4CC4)n3n2)CC1. The smallest absolute Gasteiger partial charge is 0.246 e. The summed E-state index contributed by atoms with van der Waals surface area (Å²) in [6, 6.07) is 9.24. The van der Waals surface area contributed by atoms with Crippen LogP contribution in [0.15, 0.2) is 41.3 Å². The van der Waals surface area contributed by atoms with Crippen molar-refractivity contribution in [3.63, 3.8) is 0 Å². The maximum absolute atomic E-state index is 14.0. The van der Waals surface area contributed by atoms with Gasteiger partial charge in [0.1, 0.15) is 16.5 Å². The lowest BCUT2D eigenvalue weighted by molar-refractivity contribution is 0.381. The first kappa shape index (κ1) is 17.5. The van der Waals surface area contributed by atoms with E-state index < -0.39 is 15.8 Å². The highest BCUT2D eigenvalue weighted by molar-refractivity contribution is 7.89. The molecule has 10 heteroatoms. The van der Waals surface area contributed by atoms with Gasteiger partial charge in [0, 0.05) is 32.1 Å². The van der Waals surface area contributed by atoms with E-state index in [1.165, 1.54) is 28.6 Å². The second-order valence-corrected chi connectivity index (χ2v) is 9.02. The monoisotopic (exact) mass is 402 g/mol. The summed E-state index contributed by atoms with van der Waals surface area (Å²) >= 11 is 0. The number of hydrogen-bond acceptors (Lipinski definition) is 6. The molecular weight excluding hydrogens is 383 g/mol. The summed E-state index contributed by atoms with van der Waals surface area (Å²) in [5, 5.41) is 13.1. The van der Waals surface area contributed by atoms with Gasteiger partial charge in [0.2, 0.25) is 10.0 Å². The van der Waals surface area contributed by atoms with E-state index in [2.05, 4.69) is 15.3 Å². The Hall–Kier alpha value is -2.59. The lowest BCUT2D eigenvalue weighted by Gasteiger charge is -2.34. The summed E-state index contributed by atoms with van der Waals surface area (Å²) in [4.78, 5) is 1.75. The molecule has 3 heterocycles. The molecule has 0 radical (unpaired) electrons. The zero-order valence-corrected chi connectivity index (χ0v) is 15.9. The third-order valence-corrected chi connectivity index (χ3v) is 7.16. The van der Waals surface area contributed by atoms with Crippen molar-refractivity contribution in [3.05, 3.63) is 48.0 Å². The van der Waals surface area contributed by atoms with Crippen LogP contribution in [0.4, 0.5) is 10.2 Å². The highest BCUT2D eigenvalue weighted by Crippen LogP contribution is 2.38. The quantitative estimate of drug-likeness (QED) is 0.660. The normalized spacial score (nSPS) is 18.7. The lowest BCUT2D eigenvalue weighted by Crippen LogP contribution is -2.49. The summed E-state index contributed by atoms with van der Waals surface area (Å²) < 4.78 is 42.6. The molecule has 0 unspecified atom stereocenters. The average molecular weight is 402 g/mol. The van der Waals surface area contributed by atoms with E-state index in [-0.39, 0.29) is 18.0 Å². The number of aromatic nitrogens is 4. The van der Waals surface area contributed by atoms with Crippen LogP contribution < -0.4 is 4.90 Å². The first-order valence-corrected chi connectivity index (χ1v) is 10.7. The van der Waals surface area contributed by atoms with Crippen molar-refractivity contribution < 1.29 is 12.8 Å². The minimum absolute atomic E-state index is 0.272. The second kappa shape index (κ2) is 6.49. The lowest BCUT2D eigenvalue weighted by atomic mass is 10.3. The first-order valence-electron chi connectivity index (χ1n) is 9.26. The fourth-order valence-electron chi connectivity index (χ4n) is 3.51. The van der Waals surface area contributed by atoms with Gasteiger partial charge in [-0.1, -0.05) is 12.1 Å². The Kier molecular flexibility index (Phi) is 4.06. The molecule has 0 amide bonds. The number of nitrogens with zero attached hydrogens (tertiary/aromatic N) is 6. The molecule has 1 saturated heterocycles. The van der Waals surface area contributed by atoms with Gasteiger partial charge < -0.3 is 4.90 Å². The van der Waals surface area contributed by atoms with Crippen LogP contribution in [0.25, 0.3) is 5.65 Å². The molecule has 1 aromatic carbocycles. The molecule has 2 aromatic heterocycles. The molecule has 0 bridgehead atoms. The number of anilines is 1. The average Bonchev–Trinajstić information content (AvgIpc) is 3.47. The summed E-state index contributed by atoms with van der Waals surface area (Å²) in [7, 11) is -3.85. The number of fused-ring (bicyclic) bond motifs is 1. The third kappa shape index (κ3) is 2.92. The standard InChI is InChI=1S/C18H19FN6O2S/c19-14-3-1-2-4-15(14)28(26,27)24-11-9-23(10-12-24)17-8-7-16-20-21-18(13-5-6-13)25(16)22-17/h1-4,7-8,13H,5-6,9-12H2. The Balaban J connectivity index is 1.35. The Labute approximate surface area is 161 Å². The second-order valence-electron chi connectivity index (χ2n) is 7.12. The zero-order chi connectivity index (χ0) is 19.3. The number of halogens is 1. The number of rotatable bonds is 4. The fraction of sp³-hybridized carbons (Fsp3) is 0.389. The number of sulfonamides is 1. The highest BCUT2D eigenvalue weighted by Gasteiger charge is 2.32. The van der Waals surface area contributed by atoms with Gasteiger partial charge in [-0.15, -0.1) is 15.3 Å². The Bertz CT molecular complexity index is 1140. The molecule has 0 N–H and O–H groups in total. The number of piperazine rings is 1. The van der Waals surface area contributed by atoms with Crippen LogP contribution >= 0.6 is 0 Å². The van der Waals surface area contributed by atoms with Crippen LogP contribution in [-0.2, 0) is 10.0 Å². The maximum atomic E-state index is 14.0. The van der Waals surface area contributed by atoms with Crippen LogP contribution in [-0.4, -0.2) is 58.7 Å². The van der Waals surface area contributed by atoms with Crippen molar-refractivity contribution in [2.45, 2.75) is 23.7 Å². The Morgan fingerprint density at radius 2 is 1.71 bits per heavy atom. The predicted molar refractivity (Wildman–Crippen MR) is 100 cm³/mol. The minimum Gasteiger partial charge on any atom is -0.353 e.